The first-order valence-corrected chi connectivity index (χ1v) is 9.51. The van der Waals surface area contributed by atoms with Gasteiger partial charge in [-0.25, -0.2) is 9.37 Å². The van der Waals surface area contributed by atoms with Crippen molar-refractivity contribution in [3.8, 4) is 5.75 Å². The number of halogens is 5. The van der Waals surface area contributed by atoms with Gasteiger partial charge >= 0.3 is 6.18 Å². The maximum Gasteiger partial charge on any atom is 0.417 e. The molecule has 0 radical (unpaired) electrons. The number of aromatic nitrogens is 2. The van der Waals surface area contributed by atoms with Crippen molar-refractivity contribution in [2.75, 3.05) is 12.4 Å². The third kappa shape index (κ3) is 4.19. The van der Waals surface area contributed by atoms with E-state index in [-0.39, 0.29) is 17.1 Å². The number of nitrogens with zero attached hydrogens (tertiary/aromatic N) is 2. The number of methoxy groups -OCH3 is 1. The van der Waals surface area contributed by atoms with E-state index >= 15 is 0 Å². The molecule has 1 aromatic heterocycles. The molecule has 0 saturated carbocycles. The molecule has 0 bridgehead atoms. The van der Waals surface area contributed by atoms with E-state index < -0.39 is 58.9 Å². The smallest absolute Gasteiger partial charge is 0.417 e. The second-order valence-corrected chi connectivity index (χ2v) is 7.58. The van der Waals surface area contributed by atoms with Crippen LogP contribution in [-0.2, 0) is 9.53 Å². The highest BCUT2D eigenvalue weighted by Gasteiger charge is 2.65. The first kappa shape index (κ1) is 24.3. The SMILES string of the molecule is COc1c([C@H]2[C@@H](C)[C@](C)(C(F)(F)F)O[C@H]2C(=O)Nc2cncc(C(N)=O)n2)ccc(F)c1F. The number of primary amides is 1. The van der Waals surface area contributed by atoms with Crippen LogP contribution in [0.2, 0.25) is 0 Å². The lowest BCUT2D eigenvalue weighted by Gasteiger charge is -2.32. The molecule has 4 atom stereocenters. The van der Waals surface area contributed by atoms with E-state index in [0.29, 0.717) is 0 Å². The van der Waals surface area contributed by atoms with Gasteiger partial charge in [-0.2, -0.15) is 17.6 Å². The van der Waals surface area contributed by atoms with Gasteiger partial charge in [0.15, 0.2) is 23.0 Å². The Kier molecular flexibility index (Phi) is 6.29. The normalized spacial score (nSPS) is 25.0. The summed E-state index contributed by atoms with van der Waals surface area (Å²) in [4.78, 5) is 31.7. The van der Waals surface area contributed by atoms with Gasteiger partial charge in [0.25, 0.3) is 11.8 Å². The Bertz CT molecular complexity index is 1100. The third-order valence-corrected chi connectivity index (χ3v) is 5.71. The van der Waals surface area contributed by atoms with Crippen molar-refractivity contribution in [3.05, 3.63) is 47.4 Å². The summed E-state index contributed by atoms with van der Waals surface area (Å²) in [6.45, 7) is 1.94. The fraction of sp³-hybridized carbons (Fsp3) is 0.400. The number of carbonyl (C=O) groups excluding carboxylic acids is 2. The minimum Gasteiger partial charge on any atom is -0.493 e. The predicted octanol–water partition coefficient (Wildman–Crippen LogP) is 2.94. The van der Waals surface area contributed by atoms with Crippen molar-refractivity contribution >= 4 is 17.6 Å². The van der Waals surface area contributed by atoms with Gasteiger partial charge in [0, 0.05) is 17.4 Å². The number of alkyl halides is 3. The van der Waals surface area contributed by atoms with Crippen molar-refractivity contribution in [1.29, 1.82) is 0 Å². The summed E-state index contributed by atoms with van der Waals surface area (Å²) in [6.07, 6.45) is -4.65. The molecule has 0 unspecified atom stereocenters. The largest absolute Gasteiger partial charge is 0.493 e. The van der Waals surface area contributed by atoms with Crippen LogP contribution in [0.15, 0.2) is 24.5 Å². The van der Waals surface area contributed by atoms with Gasteiger partial charge in [0.1, 0.15) is 11.8 Å². The number of anilines is 1. The van der Waals surface area contributed by atoms with Crippen LogP contribution in [0.1, 0.15) is 35.8 Å². The first-order chi connectivity index (χ1) is 15.3. The van der Waals surface area contributed by atoms with Gasteiger partial charge in [0.2, 0.25) is 5.82 Å². The lowest BCUT2D eigenvalue weighted by molar-refractivity contribution is -0.272. The maximum atomic E-state index is 14.3. The molecule has 1 saturated heterocycles. The molecule has 0 aliphatic carbocycles. The van der Waals surface area contributed by atoms with Crippen molar-refractivity contribution in [2.24, 2.45) is 11.7 Å². The van der Waals surface area contributed by atoms with Crippen molar-refractivity contribution in [1.82, 2.24) is 9.97 Å². The number of rotatable bonds is 5. The topological polar surface area (TPSA) is 116 Å². The van der Waals surface area contributed by atoms with Gasteiger partial charge in [-0.05, 0) is 13.0 Å². The number of ether oxygens (including phenoxy) is 2. The Morgan fingerprint density at radius 2 is 1.91 bits per heavy atom. The van der Waals surface area contributed by atoms with Crippen molar-refractivity contribution in [2.45, 2.75) is 37.6 Å². The number of hydrogen-bond donors (Lipinski definition) is 2. The first-order valence-electron chi connectivity index (χ1n) is 9.51. The Hall–Kier alpha value is -3.35. The Balaban J connectivity index is 2.07. The van der Waals surface area contributed by atoms with E-state index in [1.807, 2.05) is 0 Å². The van der Waals surface area contributed by atoms with E-state index in [1.165, 1.54) is 6.92 Å². The summed E-state index contributed by atoms with van der Waals surface area (Å²) in [5, 5.41) is 2.23. The number of benzene rings is 1. The Morgan fingerprint density at radius 3 is 2.48 bits per heavy atom. The Labute approximate surface area is 184 Å². The van der Waals surface area contributed by atoms with Crippen LogP contribution in [0.5, 0.6) is 5.75 Å². The lowest BCUT2D eigenvalue weighted by atomic mass is 9.77. The van der Waals surface area contributed by atoms with Gasteiger partial charge in [0.05, 0.1) is 19.5 Å². The van der Waals surface area contributed by atoms with Gasteiger partial charge in [-0.3, -0.25) is 14.6 Å². The lowest BCUT2D eigenvalue weighted by Crippen LogP contribution is -2.47. The fourth-order valence-electron chi connectivity index (χ4n) is 3.78. The van der Waals surface area contributed by atoms with Crippen LogP contribution in [0.4, 0.5) is 27.8 Å². The van der Waals surface area contributed by atoms with Crippen LogP contribution in [0.25, 0.3) is 0 Å². The van der Waals surface area contributed by atoms with E-state index in [2.05, 4.69) is 15.3 Å². The molecule has 1 fully saturated rings. The summed E-state index contributed by atoms with van der Waals surface area (Å²) in [5.41, 5.74) is 1.82. The molecule has 33 heavy (non-hydrogen) atoms. The minimum atomic E-state index is -4.91. The van der Waals surface area contributed by atoms with Gasteiger partial charge in [-0.15, -0.1) is 0 Å². The average Bonchev–Trinajstić information content (AvgIpc) is 3.02. The van der Waals surface area contributed by atoms with E-state index in [0.717, 1.165) is 38.6 Å². The van der Waals surface area contributed by atoms with E-state index in [1.54, 1.807) is 0 Å². The van der Waals surface area contributed by atoms with Crippen LogP contribution in [0.3, 0.4) is 0 Å². The molecule has 2 amide bonds. The zero-order chi connectivity index (χ0) is 24.7. The molecule has 178 valence electrons. The highest BCUT2D eigenvalue weighted by Crippen LogP contribution is 2.54. The van der Waals surface area contributed by atoms with Crippen LogP contribution < -0.4 is 15.8 Å². The van der Waals surface area contributed by atoms with E-state index in [4.69, 9.17) is 15.2 Å². The predicted molar refractivity (Wildman–Crippen MR) is 103 cm³/mol. The minimum absolute atomic E-state index is 0.186. The van der Waals surface area contributed by atoms with Crippen LogP contribution in [-0.4, -0.2) is 46.8 Å². The number of carbonyl (C=O) groups is 2. The molecule has 13 heteroatoms. The summed E-state index contributed by atoms with van der Waals surface area (Å²) >= 11 is 0. The molecule has 8 nitrogen and oxygen atoms in total. The highest BCUT2D eigenvalue weighted by molar-refractivity contribution is 5.95. The highest BCUT2D eigenvalue weighted by atomic mass is 19.4. The zero-order valence-electron chi connectivity index (χ0n) is 17.5. The Morgan fingerprint density at radius 1 is 1.24 bits per heavy atom. The monoisotopic (exact) mass is 474 g/mol. The molecule has 3 rings (SSSR count). The molecular formula is C20H19F5N4O4. The quantitative estimate of drug-likeness (QED) is 0.644. The average molecular weight is 474 g/mol. The summed E-state index contributed by atoms with van der Waals surface area (Å²) in [7, 11) is 1.02. The fourth-order valence-corrected chi connectivity index (χ4v) is 3.78. The molecule has 1 aliphatic rings. The molecule has 1 aliphatic heterocycles. The molecule has 2 heterocycles. The number of nitrogens with one attached hydrogen (secondary N) is 1. The second kappa shape index (κ2) is 8.54. The number of hydrogen-bond acceptors (Lipinski definition) is 6. The van der Waals surface area contributed by atoms with Crippen LogP contribution in [0, 0.1) is 17.6 Å². The van der Waals surface area contributed by atoms with Crippen molar-refractivity contribution < 1.29 is 41.0 Å². The van der Waals surface area contributed by atoms with Crippen molar-refractivity contribution in [3.63, 3.8) is 0 Å². The van der Waals surface area contributed by atoms with Gasteiger partial charge < -0.3 is 20.5 Å². The summed E-state index contributed by atoms with van der Waals surface area (Å²) in [5.74, 6) is -8.45. The molecule has 0 spiro atoms. The summed E-state index contributed by atoms with van der Waals surface area (Å²) < 4.78 is 79.9. The maximum absolute atomic E-state index is 14.3. The molecular weight excluding hydrogens is 455 g/mol. The number of amides is 2. The molecule has 2 aromatic rings. The number of nitrogens with two attached hydrogens (primary N) is 1. The van der Waals surface area contributed by atoms with Gasteiger partial charge in [-0.1, -0.05) is 13.0 Å². The standard InChI is InChI=1S/C20H19F5N4O4/c1-8-13(9-4-5-10(21)14(22)15(9)32-3)16(33-19(8,2)20(23,24)25)18(31)29-12-7-27-6-11(28-12)17(26)30/h4-8,13,16H,1-3H3,(H2,26,30)(H,28,29,31)/t8-,13-,16-,19-/m1/s1. The van der Waals surface area contributed by atoms with Crippen LogP contribution >= 0.6 is 0 Å². The van der Waals surface area contributed by atoms with E-state index in [9.17, 15) is 31.5 Å². The molecule has 3 N–H and O–H groups in total. The second-order valence-electron chi connectivity index (χ2n) is 7.58. The zero-order valence-corrected chi connectivity index (χ0v) is 17.5. The summed E-state index contributed by atoms with van der Waals surface area (Å²) in [6, 6.07) is 1.76. The third-order valence-electron chi connectivity index (χ3n) is 5.71. The molecule has 1 aromatic carbocycles.